The number of fused-ring (bicyclic) bond motifs is 1. The number of rotatable bonds is 16. The summed E-state index contributed by atoms with van der Waals surface area (Å²) in [5, 5.41) is 9.28. The van der Waals surface area contributed by atoms with Crippen LogP contribution < -0.4 is 0 Å². The summed E-state index contributed by atoms with van der Waals surface area (Å²) in [5.74, 6) is -1.69. The van der Waals surface area contributed by atoms with E-state index in [-0.39, 0.29) is 36.3 Å². The molecule has 4 unspecified atom stereocenters. The van der Waals surface area contributed by atoms with Crippen molar-refractivity contribution in [1.29, 1.82) is 0 Å². The Bertz CT molecular complexity index is 924. The molecule has 2 bridgehead atoms. The molecule has 3 rings (SSSR count). The lowest BCUT2D eigenvalue weighted by Gasteiger charge is -2.39. The normalized spacial score (nSPS) is 31.7. The third kappa shape index (κ3) is 5.43. The van der Waals surface area contributed by atoms with Crippen molar-refractivity contribution in [3.8, 4) is 0 Å². The largest absolute Gasteiger partial charge is 0.396 e. The van der Waals surface area contributed by atoms with Crippen molar-refractivity contribution >= 4 is 17.7 Å². The molecule has 3 amide bonds. The molecule has 0 aromatic rings. The molecule has 8 heteroatoms. The van der Waals surface area contributed by atoms with E-state index in [2.05, 4.69) is 27.0 Å². The molecule has 1 spiro atoms. The molecule has 7 atom stereocenters. The number of carbonyl (C=O) groups is 3. The first-order valence-corrected chi connectivity index (χ1v) is 15.0. The number of ether oxygens (including phenoxy) is 1. The molecule has 3 aliphatic rings. The van der Waals surface area contributed by atoms with Gasteiger partial charge in [-0.2, -0.15) is 0 Å². The van der Waals surface area contributed by atoms with E-state index in [9.17, 15) is 19.5 Å². The van der Waals surface area contributed by atoms with Gasteiger partial charge in [-0.05, 0) is 58.3 Å². The summed E-state index contributed by atoms with van der Waals surface area (Å²) in [6.45, 7) is 19.8. The van der Waals surface area contributed by atoms with Gasteiger partial charge in [-0.3, -0.25) is 14.4 Å². The molecule has 3 heterocycles. The van der Waals surface area contributed by atoms with Crippen LogP contribution >= 0.6 is 0 Å². The van der Waals surface area contributed by atoms with E-state index in [4.69, 9.17) is 4.74 Å². The first-order valence-electron chi connectivity index (χ1n) is 15.0. The molecule has 1 N–H and O–H groups in total. The minimum absolute atomic E-state index is 0.00765. The Morgan fingerprint density at radius 2 is 1.85 bits per heavy atom. The Morgan fingerprint density at radius 1 is 1.15 bits per heavy atom. The Hall–Kier alpha value is -2.19. The zero-order valence-corrected chi connectivity index (χ0v) is 24.9. The second kappa shape index (κ2) is 13.0. The quantitative estimate of drug-likeness (QED) is 0.235. The molecular weight excluding hydrogens is 494 g/mol. The van der Waals surface area contributed by atoms with Crippen molar-refractivity contribution in [2.24, 2.45) is 17.8 Å². The van der Waals surface area contributed by atoms with E-state index in [0.29, 0.717) is 45.4 Å². The summed E-state index contributed by atoms with van der Waals surface area (Å²) >= 11 is 0. The van der Waals surface area contributed by atoms with Gasteiger partial charge in [-0.15, -0.1) is 13.2 Å². The van der Waals surface area contributed by atoms with Crippen LogP contribution in [0.2, 0.25) is 0 Å². The van der Waals surface area contributed by atoms with Gasteiger partial charge in [0.25, 0.3) is 0 Å². The van der Waals surface area contributed by atoms with Gasteiger partial charge in [0.05, 0.1) is 17.4 Å². The van der Waals surface area contributed by atoms with Gasteiger partial charge in [-0.25, -0.2) is 0 Å². The lowest BCUT2D eigenvalue weighted by Crippen LogP contribution is -2.58. The Kier molecular flexibility index (Phi) is 10.4. The number of aliphatic hydroxyl groups is 1. The van der Waals surface area contributed by atoms with Gasteiger partial charge < -0.3 is 24.5 Å². The van der Waals surface area contributed by atoms with Crippen LogP contribution in [0.3, 0.4) is 0 Å². The number of amides is 3. The van der Waals surface area contributed by atoms with Crippen molar-refractivity contribution in [3.63, 3.8) is 0 Å². The fraction of sp³-hybridized carbons (Fsp3) is 0.774. The summed E-state index contributed by atoms with van der Waals surface area (Å²) in [6.07, 6.45) is 8.67. The van der Waals surface area contributed by atoms with Crippen LogP contribution in [0.15, 0.2) is 25.3 Å². The number of hydrogen-bond donors (Lipinski definition) is 1. The summed E-state index contributed by atoms with van der Waals surface area (Å²) in [6, 6.07) is -0.802. The fourth-order valence-corrected chi connectivity index (χ4v) is 7.48. The Morgan fingerprint density at radius 3 is 2.44 bits per heavy atom. The molecule has 0 aromatic carbocycles. The Balaban J connectivity index is 2.10. The van der Waals surface area contributed by atoms with E-state index >= 15 is 0 Å². The van der Waals surface area contributed by atoms with E-state index in [1.54, 1.807) is 22.0 Å². The van der Waals surface area contributed by atoms with E-state index < -0.39 is 29.1 Å². The molecule has 39 heavy (non-hydrogen) atoms. The molecular formula is C31H51N3O5. The van der Waals surface area contributed by atoms with Gasteiger partial charge in [-0.1, -0.05) is 39.3 Å². The van der Waals surface area contributed by atoms with Crippen LogP contribution in [-0.4, -0.2) is 93.6 Å². The van der Waals surface area contributed by atoms with Gasteiger partial charge in [0.2, 0.25) is 17.7 Å². The molecule has 220 valence electrons. The highest BCUT2D eigenvalue weighted by Gasteiger charge is 2.80. The zero-order valence-electron chi connectivity index (χ0n) is 24.9. The predicted octanol–water partition coefficient (Wildman–Crippen LogP) is 3.79. The third-order valence-electron chi connectivity index (χ3n) is 9.37. The minimum Gasteiger partial charge on any atom is -0.396 e. The third-order valence-corrected chi connectivity index (χ3v) is 9.37. The van der Waals surface area contributed by atoms with E-state index in [1.165, 1.54) is 0 Å². The molecule has 3 aliphatic heterocycles. The standard InChI is InChI=1S/C31H51N3O5/c1-8-15-23(6)33(18-11-4)29(38)26-31-21-22(5)30(7,39-31)24(27(36)32(16-9-2)17-10-3)25(31)28(37)34(26)19-13-12-14-20-35/h9,11,22-26,35H,2,4,8,10,12-21H2,1,3,5-7H3/t22?,23?,24-,25+,26?,30+,31?/m1/s1. The lowest BCUT2D eigenvalue weighted by atomic mass is 9.62. The highest BCUT2D eigenvalue weighted by atomic mass is 16.5. The number of nitrogens with zero attached hydrogens (tertiary/aromatic N) is 3. The highest BCUT2D eigenvalue weighted by Crippen LogP contribution is 2.65. The summed E-state index contributed by atoms with van der Waals surface area (Å²) < 4.78 is 6.90. The van der Waals surface area contributed by atoms with Crippen molar-refractivity contribution in [2.45, 2.75) is 103 Å². The van der Waals surface area contributed by atoms with Gasteiger partial charge in [0, 0.05) is 38.8 Å². The van der Waals surface area contributed by atoms with Crippen molar-refractivity contribution < 1.29 is 24.2 Å². The maximum Gasteiger partial charge on any atom is 0.248 e. The number of likely N-dealkylation sites (tertiary alicyclic amines) is 1. The van der Waals surface area contributed by atoms with Crippen LogP contribution in [0.1, 0.15) is 79.6 Å². The zero-order chi connectivity index (χ0) is 29.0. The van der Waals surface area contributed by atoms with Crippen LogP contribution in [-0.2, 0) is 19.1 Å². The average molecular weight is 546 g/mol. The van der Waals surface area contributed by atoms with Gasteiger partial charge in [0.15, 0.2) is 0 Å². The number of carbonyl (C=O) groups excluding carboxylic acids is 3. The minimum atomic E-state index is -1.04. The second-order valence-electron chi connectivity index (χ2n) is 12.0. The maximum absolute atomic E-state index is 14.5. The average Bonchev–Trinajstić information content (AvgIpc) is 3.41. The predicted molar refractivity (Wildman–Crippen MR) is 153 cm³/mol. The first kappa shape index (κ1) is 31.3. The van der Waals surface area contributed by atoms with Crippen LogP contribution in [0.4, 0.5) is 0 Å². The molecule has 0 saturated carbocycles. The Labute approximate surface area is 235 Å². The highest BCUT2D eigenvalue weighted by molar-refractivity contribution is 5.99. The fourth-order valence-electron chi connectivity index (χ4n) is 7.48. The maximum atomic E-state index is 14.5. The summed E-state index contributed by atoms with van der Waals surface area (Å²) in [5.41, 5.74) is -1.87. The second-order valence-corrected chi connectivity index (χ2v) is 12.0. The molecule has 3 saturated heterocycles. The van der Waals surface area contributed by atoms with Crippen molar-refractivity contribution in [3.05, 3.63) is 25.3 Å². The van der Waals surface area contributed by atoms with Gasteiger partial charge in [0.1, 0.15) is 11.6 Å². The van der Waals surface area contributed by atoms with E-state index in [0.717, 1.165) is 25.7 Å². The number of aliphatic hydroxyl groups excluding tert-OH is 1. The van der Waals surface area contributed by atoms with Crippen LogP contribution in [0.25, 0.3) is 0 Å². The lowest BCUT2D eigenvalue weighted by molar-refractivity contribution is -0.155. The summed E-state index contributed by atoms with van der Waals surface area (Å²) in [4.78, 5) is 48.3. The smallest absolute Gasteiger partial charge is 0.248 e. The van der Waals surface area contributed by atoms with E-state index in [1.807, 2.05) is 25.7 Å². The molecule has 8 nitrogen and oxygen atoms in total. The number of hydrogen-bond acceptors (Lipinski definition) is 5. The van der Waals surface area contributed by atoms with Crippen molar-refractivity contribution in [1.82, 2.24) is 14.7 Å². The SMILES string of the molecule is C=CCN(CCC)C(=O)[C@H]1[C@H]2C(=O)N(CCCCCO)C(C(=O)N(CC=C)C(C)CCC)C23CC(C)[C@]1(C)O3. The first-order chi connectivity index (χ1) is 18.6. The molecule has 0 radical (unpaired) electrons. The molecule has 3 fully saturated rings. The van der Waals surface area contributed by atoms with Crippen LogP contribution in [0, 0.1) is 17.8 Å². The monoisotopic (exact) mass is 545 g/mol. The topological polar surface area (TPSA) is 90.4 Å². The van der Waals surface area contributed by atoms with Crippen molar-refractivity contribution in [2.75, 3.05) is 32.8 Å². The molecule has 0 aliphatic carbocycles. The van der Waals surface area contributed by atoms with Crippen LogP contribution in [0.5, 0.6) is 0 Å². The molecule has 0 aromatic heterocycles. The number of unbranched alkanes of at least 4 members (excludes halogenated alkanes) is 2. The van der Waals surface area contributed by atoms with Gasteiger partial charge >= 0.3 is 0 Å². The summed E-state index contributed by atoms with van der Waals surface area (Å²) in [7, 11) is 0.